The number of fused-ring (bicyclic) bond motifs is 1. The van der Waals surface area contributed by atoms with Crippen LogP contribution in [0.15, 0.2) is 42.9 Å². The van der Waals surface area contributed by atoms with E-state index in [1.807, 2.05) is 36.5 Å². The summed E-state index contributed by atoms with van der Waals surface area (Å²) in [5.74, 6) is 0.920. The highest BCUT2D eigenvalue weighted by atomic mass is 16.1. The number of aromatic amines is 1. The first-order valence-electron chi connectivity index (χ1n) is 8.12. The molecule has 1 aliphatic rings. The Hall–Kier alpha value is -2.89. The van der Waals surface area contributed by atoms with Crippen molar-refractivity contribution in [3.63, 3.8) is 0 Å². The fourth-order valence-corrected chi connectivity index (χ4v) is 3.27. The Morgan fingerprint density at radius 1 is 1.29 bits per heavy atom. The van der Waals surface area contributed by atoms with Crippen LogP contribution < -0.4 is 10.2 Å². The molecule has 1 amide bonds. The SMILES string of the molecule is Cc1c[nH]c2ncnc(N3CC[C@@H](NC(=O)c4ccccc4)C3)c12. The molecule has 24 heavy (non-hydrogen) atoms. The first-order valence-corrected chi connectivity index (χ1v) is 8.12. The van der Waals surface area contributed by atoms with Gasteiger partial charge in [-0.3, -0.25) is 4.79 Å². The summed E-state index contributed by atoms with van der Waals surface area (Å²) in [5, 5.41) is 4.18. The number of carbonyl (C=O) groups excluding carboxylic acids is 1. The van der Waals surface area contributed by atoms with Crippen molar-refractivity contribution in [1.29, 1.82) is 0 Å². The maximum absolute atomic E-state index is 12.3. The van der Waals surface area contributed by atoms with Crippen LogP contribution in [0.1, 0.15) is 22.3 Å². The molecule has 0 saturated carbocycles. The summed E-state index contributed by atoms with van der Waals surface area (Å²) in [5.41, 5.74) is 2.69. The van der Waals surface area contributed by atoms with E-state index in [0.29, 0.717) is 5.56 Å². The highest BCUT2D eigenvalue weighted by molar-refractivity contribution is 5.94. The van der Waals surface area contributed by atoms with Crippen LogP contribution in [0, 0.1) is 6.92 Å². The number of hydrogen-bond acceptors (Lipinski definition) is 4. The van der Waals surface area contributed by atoms with Crippen molar-refractivity contribution < 1.29 is 4.79 Å². The molecule has 122 valence electrons. The van der Waals surface area contributed by atoms with E-state index in [1.54, 1.807) is 6.33 Å². The molecule has 1 aliphatic heterocycles. The number of anilines is 1. The summed E-state index contributed by atoms with van der Waals surface area (Å²) in [4.78, 5) is 26.5. The molecule has 0 unspecified atom stereocenters. The average molecular weight is 321 g/mol. The van der Waals surface area contributed by atoms with Crippen molar-refractivity contribution >= 4 is 22.8 Å². The molecule has 3 heterocycles. The molecule has 0 spiro atoms. The van der Waals surface area contributed by atoms with E-state index in [-0.39, 0.29) is 11.9 Å². The third-order valence-corrected chi connectivity index (χ3v) is 4.51. The van der Waals surface area contributed by atoms with Crippen molar-refractivity contribution in [3.05, 3.63) is 54.0 Å². The highest BCUT2D eigenvalue weighted by Gasteiger charge is 2.27. The van der Waals surface area contributed by atoms with E-state index >= 15 is 0 Å². The van der Waals surface area contributed by atoms with E-state index in [4.69, 9.17) is 0 Å². The van der Waals surface area contributed by atoms with Crippen molar-refractivity contribution in [2.24, 2.45) is 0 Å². The van der Waals surface area contributed by atoms with Crippen LogP contribution in [0.2, 0.25) is 0 Å². The molecule has 6 heteroatoms. The van der Waals surface area contributed by atoms with Gasteiger partial charge in [0.1, 0.15) is 17.8 Å². The van der Waals surface area contributed by atoms with Gasteiger partial charge in [0.2, 0.25) is 0 Å². The summed E-state index contributed by atoms with van der Waals surface area (Å²) in [7, 11) is 0. The van der Waals surface area contributed by atoms with Crippen LogP contribution in [0.25, 0.3) is 11.0 Å². The Kier molecular flexibility index (Phi) is 3.65. The lowest BCUT2D eigenvalue weighted by Crippen LogP contribution is -2.37. The second-order valence-corrected chi connectivity index (χ2v) is 6.16. The maximum atomic E-state index is 12.3. The molecular weight excluding hydrogens is 302 g/mol. The molecule has 0 bridgehead atoms. The van der Waals surface area contributed by atoms with E-state index in [2.05, 4.69) is 32.1 Å². The Labute approximate surface area is 139 Å². The largest absolute Gasteiger partial charge is 0.354 e. The van der Waals surface area contributed by atoms with Crippen molar-refractivity contribution in [2.45, 2.75) is 19.4 Å². The number of aryl methyl sites for hydroxylation is 1. The van der Waals surface area contributed by atoms with Gasteiger partial charge >= 0.3 is 0 Å². The third-order valence-electron chi connectivity index (χ3n) is 4.51. The fourth-order valence-electron chi connectivity index (χ4n) is 3.27. The molecule has 1 atom stereocenters. The van der Waals surface area contributed by atoms with Crippen LogP contribution in [0.3, 0.4) is 0 Å². The van der Waals surface area contributed by atoms with Crippen LogP contribution in [0.5, 0.6) is 0 Å². The molecule has 2 aromatic heterocycles. The summed E-state index contributed by atoms with van der Waals surface area (Å²) in [6.07, 6.45) is 4.45. The van der Waals surface area contributed by atoms with Crippen molar-refractivity contribution in [1.82, 2.24) is 20.3 Å². The molecule has 0 radical (unpaired) electrons. The Balaban J connectivity index is 1.50. The zero-order valence-corrected chi connectivity index (χ0v) is 13.5. The van der Waals surface area contributed by atoms with Crippen LogP contribution >= 0.6 is 0 Å². The number of rotatable bonds is 3. The second-order valence-electron chi connectivity index (χ2n) is 6.16. The second kappa shape index (κ2) is 5.96. The van der Waals surface area contributed by atoms with Gasteiger partial charge in [-0.2, -0.15) is 0 Å². The lowest BCUT2D eigenvalue weighted by Gasteiger charge is -2.19. The van der Waals surface area contributed by atoms with Crippen LogP contribution in [-0.4, -0.2) is 40.0 Å². The van der Waals surface area contributed by atoms with E-state index in [1.165, 1.54) is 0 Å². The summed E-state index contributed by atoms with van der Waals surface area (Å²) < 4.78 is 0. The van der Waals surface area contributed by atoms with Gasteiger partial charge in [-0.15, -0.1) is 0 Å². The van der Waals surface area contributed by atoms with Crippen molar-refractivity contribution in [3.8, 4) is 0 Å². The number of H-pyrrole nitrogens is 1. The molecule has 3 aromatic rings. The molecule has 1 saturated heterocycles. The van der Waals surface area contributed by atoms with Gasteiger partial charge in [0.25, 0.3) is 5.91 Å². The molecule has 4 rings (SSSR count). The minimum absolute atomic E-state index is 0.0203. The quantitative estimate of drug-likeness (QED) is 0.776. The normalized spacial score (nSPS) is 17.4. The summed E-state index contributed by atoms with van der Waals surface area (Å²) in [6, 6.07) is 9.46. The third kappa shape index (κ3) is 2.60. The number of nitrogens with one attached hydrogen (secondary N) is 2. The predicted octanol–water partition coefficient (Wildman–Crippen LogP) is 2.28. The van der Waals surface area contributed by atoms with Gasteiger partial charge in [0.15, 0.2) is 0 Å². The molecule has 6 nitrogen and oxygen atoms in total. The van der Waals surface area contributed by atoms with Gasteiger partial charge < -0.3 is 15.2 Å². The molecule has 0 aliphatic carbocycles. The number of amides is 1. The monoisotopic (exact) mass is 321 g/mol. The number of nitrogens with zero attached hydrogens (tertiary/aromatic N) is 3. The van der Waals surface area contributed by atoms with Crippen molar-refractivity contribution in [2.75, 3.05) is 18.0 Å². The Morgan fingerprint density at radius 2 is 2.12 bits per heavy atom. The number of carbonyl (C=O) groups is 1. The van der Waals surface area contributed by atoms with E-state index in [0.717, 1.165) is 41.9 Å². The molecule has 1 fully saturated rings. The van der Waals surface area contributed by atoms with E-state index in [9.17, 15) is 4.79 Å². The Bertz CT molecular complexity index is 874. The van der Waals surface area contributed by atoms with Gasteiger partial charge in [-0.05, 0) is 31.0 Å². The van der Waals surface area contributed by atoms with Gasteiger partial charge in [-0.1, -0.05) is 18.2 Å². The predicted molar refractivity (Wildman–Crippen MR) is 93.2 cm³/mol. The van der Waals surface area contributed by atoms with E-state index < -0.39 is 0 Å². The Morgan fingerprint density at radius 3 is 2.96 bits per heavy atom. The molecular formula is C18H19N5O. The van der Waals surface area contributed by atoms with Gasteiger partial charge in [-0.25, -0.2) is 9.97 Å². The minimum Gasteiger partial charge on any atom is -0.354 e. The van der Waals surface area contributed by atoms with Gasteiger partial charge in [0, 0.05) is 30.9 Å². The lowest BCUT2D eigenvalue weighted by molar-refractivity contribution is 0.0940. The summed E-state index contributed by atoms with van der Waals surface area (Å²) >= 11 is 0. The first kappa shape index (κ1) is 14.7. The standard InChI is InChI=1S/C18H19N5O/c1-12-9-19-16-15(12)17(21-11-20-16)23-8-7-14(10-23)22-18(24)13-5-3-2-4-6-13/h2-6,9,11,14H,7-8,10H2,1H3,(H,22,24)(H,19,20,21)/t14-/m1/s1. The lowest BCUT2D eigenvalue weighted by atomic mass is 10.2. The minimum atomic E-state index is -0.0203. The fraction of sp³-hybridized carbons (Fsp3) is 0.278. The van der Waals surface area contributed by atoms with Gasteiger partial charge in [0.05, 0.1) is 5.39 Å². The maximum Gasteiger partial charge on any atom is 0.251 e. The topological polar surface area (TPSA) is 73.9 Å². The first-order chi connectivity index (χ1) is 11.7. The molecule has 1 aromatic carbocycles. The zero-order chi connectivity index (χ0) is 16.5. The number of aromatic nitrogens is 3. The zero-order valence-electron chi connectivity index (χ0n) is 13.5. The smallest absolute Gasteiger partial charge is 0.251 e. The van der Waals surface area contributed by atoms with Crippen LogP contribution in [0.4, 0.5) is 5.82 Å². The highest BCUT2D eigenvalue weighted by Crippen LogP contribution is 2.28. The molecule has 2 N–H and O–H groups in total. The number of hydrogen-bond donors (Lipinski definition) is 2. The summed E-state index contributed by atoms with van der Waals surface area (Å²) in [6.45, 7) is 3.68. The average Bonchev–Trinajstić information content (AvgIpc) is 3.23. The number of benzene rings is 1. The van der Waals surface area contributed by atoms with Crippen LogP contribution in [-0.2, 0) is 0 Å².